The molecule has 8 heteroatoms. The Kier molecular flexibility index (Phi) is 6.81. The maximum absolute atomic E-state index is 12.9. The summed E-state index contributed by atoms with van der Waals surface area (Å²) in [6, 6.07) is 24.6. The number of nitrogens with one attached hydrogen (secondary N) is 1. The SMILES string of the molecule is CC(C)Oc1ccc(NC(=O)c2ccccc2SCc2nnnn2-c2ccccc2)cc1. The third-order valence-corrected chi connectivity index (χ3v) is 5.58. The fraction of sp³-hybridized carbons (Fsp3) is 0.167. The number of carbonyl (C=O) groups is 1. The summed E-state index contributed by atoms with van der Waals surface area (Å²) in [5, 5.41) is 15.0. The first-order valence-electron chi connectivity index (χ1n) is 10.2. The first kappa shape index (κ1) is 21.6. The van der Waals surface area contributed by atoms with Crippen molar-refractivity contribution in [2.45, 2.75) is 30.6 Å². The quantitative estimate of drug-likeness (QED) is 0.385. The third kappa shape index (κ3) is 5.33. The molecule has 1 heterocycles. The highest BCUT2D eigenvalue weighted by Gasteiger charge is 2.14. The Morgan fingerprint density at radius 1 is 1.00 bits per heavy atom. The Labute approximate surface area is 190 Å². The van der Waals surface area contributed by atoms with E-state index in [1.165, 1.54) is 11.8 Å². The average Bonchev–Trinajstić information content (AvgIpc) is 3.28. The Balaban J connectivity index is 1.45. The lowest BCUT2D eigenvalue weighted by Gasteiger charge is -2.12. The van der Waals surface area contributed by atoms with Crippen LogP contribution >= 0.6 is 11.8 Å². The molecule has 4 aromatic rings. The number of hydrogen-bond donors (Lipinski definition) is 1. The Morgan fingerprint density at radius 3 is 2.47 bits per heavy atom. The van der Waals surface area contributed by atoms with E-state index in [0.717, 1.165) is 16.3 Å². The van der Waals surface area contributed by atoms with Crippen LogP contribution in [0.4, 0.5) is 5.69 Å². The molecule has 0 spiro atoms. The van der Waals surface area contributed by atoms with Crippen molar-refractivity contribution in [1.82, 2.24) is 20.2 Å². The first-order valence-corrected chi connectivity index (χ1v) is 11.2. The second-order valence-corrected chi connectivity index (χ2v) is 8.29. The van der Waals surface area contributed by atoms with Crippen LogP contribution in [-0.2, 0) is 5.75 Å². The maximum Gasteiger partial charge on any atom is 0.256 e. The molecule has 0 saturated heterocycles. The average molecular weight is 446 g/mol. The van der Waals surface area contributed by atoms with Gasteiger partial charge in [-0.3, -0.25) is 4.79 Å². The van der Waals surface area contributed by atoms with Gasteiger partial charge in [0.25, 0.3) is 5.91 Å². The molecular weight excluding hydrogens is 422 g/mol. The largest absolute Gasteiger partial charge is 0.491 e. The number of aromatic nitrogens is 4. The van der Waals surface area contributed by atoms with E-state index in [9.17, 15) is 4.79 Å². The van der Waals surface area contributed by atoms with Crippen molar-refractivity contribution < 1.29 is 9.53 Å². The molecular formula is C24H23N5O2S. The molecule has 0 saturated carbocycles. The fourth-order valence-corrected chi connectivity index (χ4v) is 4.03. The van der Waals surface area contributed by atoms with Crippen LogP contribution in [-0.4, -0.2) is 32.2 Å². The summed E-state index contributed by atoms with van der Waals surface area (Å²) in [5.41, 5.74) is 2.20. The summed E-state index contributed by atoms with van der Waals surface area (Å²) in [7, 11) is 0. The Hall–Kier alpha value is -3.65. The molecule has 1 amide bonds. The minimum absolute atomic E-state index is 0.0993. The molecule has 162 valence electrons. The summed E-state index contributed by atoms with van der Waals surface area (Å²) < 4.78 is 7.36. The monoisotopic (exact) mass is 445 g/mol. The van der Waals surface area contributed by atoms with Gasteiger partial charge in [0.2, 0.25) is 0 Å². The zero-order chi connectivity index (χ0) is 22.3. The molecule has 7 nitrogen and oxygen atoms in total. The lowest BCUT2D eigenvalue weighted by Crippen LogP contribution is -2.13. The second kappa shape index (κ2) is 10.1. The maximum atomic E-state index is 12.9. The van der Waals surface area contributed by atoms with E-state index < -0.39 is 0 Å². The molecule has 0 unspecified atom stereocenters. The number of rotatable bonds is 8. The van der Waals surface area contributed by atoms with E-state index >= 15 is 0 Å². The summed E-state index contributed by atoms with van der Waals surface area (Å²) >= 11 is 1.52. The third-order valence-electron chi connectivity index (χ3n) is 4.51. The first-order chi connectivity index (χ1) is 15.6. The van der Waals surface area contributed by atoms with Gasteiger partial charge in [0.1, 0.15) is 5.75 Å². The molecule has 1 aromatic heterocycles. The smallest absolute Gasteiger partial charge is 0.256 e. The number of thioether (sulfide) groups is 1. The molecule has 0 aliphatic heterocycles. The predicted octanol–water partition coefficient (Wildman–Crippen LogP) is 4.99. The minimum atomic E-state index is -0.173. The highest BCUT2D eigenvalue weighted by atomic mass is 32.2. The molecule has 0 bridgehead atoms. The van der Waals surface area contributed by atoms with Crippen molar-refractivity contribution in [2.75, 3.05) is 5.32 Å². The second-order valence-electron chi connectivity index (χ2n) is 7.27. The van der Waals surface area contributed by atoms with E-state index in [0.29, 0.717) is 22.8 Å². The van der Waals surface area contributed by atoms with Gasteiger partial charge in [0, 0.05) is 10.6 Å². The van der Waals surface area contributed by atoms with E-state index in [2.05, 4.69) is 20.8 Å². The number of nitrogens with zero attached hydrogens (tertiary/aromatic N) is 4. The van der Waals surface area contributed by atoms with Gasteiger partial charge >= 0.3 is 0 Å². The molecule has 0 aliphatic rings. The molecule has 4 rings (SSSR count). The molecule has 32 heavy (non-hydrogen) atoms. The fourth-order valence-electron chi connectivity index (χ4n) is 3.08. The van der Waals surface area contributed by atoms with Gasteiger partial charge in [-0.25, -0.2) is 0 Å². The highest BCUT2D eigenvalue weighted by Crippen LogP contribution is 2.27. The van der Waals surface area contributed by atoms with Crippen molar-refractivity contribution in [1.29, 1.82) is 0 Å². The number of ether oxygens (including phenoxy) is 1. The van der Waals surface area contributed by atoms with Crippen molar-refractivity contribution in [3.8, 4) is 11.4 Å². The van der Waals surface area contributed by atoms with Crippen LogP contribution in [0.5, 0.6) is 5.75 Å². The van der Waals surface area contributed by atoms with Crippen LogP contribution in [0.1, 0.15) is 30.0 Å². The van der Waals surface area contributed by atoms with Crippen molar-refractivity contribution in [2.24, 2.45) is 0 Å². The van der Waals surface area contributed by atoms with E-state index in [-0.39, 0.29) is 12.0 Å². The number of carbonyl (C=O) groups excluding carboxylic acids is 1. The van der Waals surface area contributed by atoms with Gasteiger partial charge in [-0.1, -0.05) is 30.3 Å². The molecule has 1 N–H and O–H groups in total. The van der Waals surface area contributed by atoms with Crippen LogP contribution in [0.15, 0.2) is 83.8 Å². The summed E-state index contributed by atoms with van der Waals surface area (Å²) in [5.74, 6) is 1.82. The van der Waals surface area contributed by atoms with E-state index in [1.807, 2.05) is 92.7 Å². The van der Waals surface area contributed by atoms with E-state index in [4.69, 9.17) is 4.74 Å². The van der Waals surface area contributed by atoms with Gasteiger partial charge in [-0.2, -0.15) is 4.68 Å². The Bertz CT molecular complexity index is 1180. The summed E-state index contributed by atoms with van der Waals surface area (Å²) in [4.78, 5) is 13.8. The topological polar surface area (TPSA) is 81.9 Å². The van der Waals surface area contributed by atoms with Crippen LogP contribution < -0.4 is 10.1 Å². The van der Waals surface area contributed by atoms with Crippen molar-refractivity contribution >= 4 is 23.4 Å². The van der Waals surface area contributed by atoms with Gasteiger partial charge in [-0.15, -0.1) is 16.9 Å². The van der Waals surface area contributed by atoms with Crippen LogP contribution in [0.25, 0.3) is 5.69 Å². The van der Waals surface area contributed by atoms with Crippen LogP contribution in [0.3, 0.4) is 0 Å². The van der Waals surface area contributed by atoms with Crippen LogP contribution in [0.2, 0.25) is 0 Å². The molecule has 0 radical (unpaired) electrons. The van der Waals surface area contributed by atoms with Crippen molar-refractivity contribution in [3.05, 3.63) is 90.3 Å². The molecule has 3 aromatic carbocycles. The van der Waals surface area contributed by atoms with Gasteiger partial charge in [0.05, 0.1) is 23.1 Å². The van der Waals surface area contributed by atoms with Gasteiger partial charge < -0.3 is 10.1 Å². The number of amides is 1. The number of tetrazole rings is 1. The van der Waals surface area contributed by atoms with Crippen molar-refractivity contribution in [3.63, 3.8) is 0 Å². The zero-order valence-corrected chi connectivity index (χ0v) is 18.6. The summed E-state index contributed by atoms with van der Waals surface area (Å²) in [6.45, 7) is 3.95. The predicted molar refractivity (Wildman–Crippen MR) is 125 cm³/mol. The van der Waals surface area contributed by atoms with Crippen LogP contribution in [0, 0.1) is 0 Å². The Morgan fingerprint density at radius 2 is 1.72 bits per heavy atom. The zero-order valence-electron chi connectivity index (χ0n) is 17.8. The van der Waals surface area contributed by atoms with Gasteiger partial charge in [-0.05, 0) is 72.8 Å². The molecule has 0 aliphatic carbocycles. The standard InChI is InChI=1S/C24H23N5O2S/c1-17(2)31-20-14-12-18(13-15-20)25-24(30)21-10-6-7-11-22(21)32-16-23-26-27-28-29(23)19-8-4-3-5-9-19/h3-15,17H,16H2,1-2H3,(H,25,30). The lowest BCUT2D eigenvalue weighted by atomic mass is 10.2. The lowest BCUT2D eigenvalue weighted by molar-refractivity contribution is 0.102. The number of anilines is 1. The minimum Gasteiger partial charge on any atom is -0.491 e. The number of para-hydroxylation sites is 1. The van der Waals surface area contributed by atoms with E-state index in [1.54, 1.807) is 4.68 Å². The summed E-state index contributed by atoms with van der Waals surface area (Å²) in [6.07, 6.45) is 0.0993. The normalized spacial score (nSPS) is 10.8. The number of hydrogen-bond acceptors (Lipinski definition) is 6. The molecule has 0 fully saturated rings. The molecule has 0 atom stereocenters. The number of benzene rings is 3. The van der Waals surface area contributed by atoms with Gasteiger partial charge in [0.15, 0.2) is 5.82 Å². The highest BCUT2D eigenvalue weighted by molar-refractivity contribution is 7.98.